The smallest absolute Gasteiger partial charge is 0.168 e. The molecule has 0 aromatic carbocycles. The summed E-state index contributed by atoms with van der Waals surface area (Å²) in [5.74, 6) is 0.462. The molecule has 1 rings (SSSR count). The molecule has 0 spiro atoms. The second-order valence-electron chi connectivity index (χ2n) is 1.86. The van der Waals surface area contributed by atoms with Gasteiger partial charge in [0.15, 0.2) is 6.29 Å². The fraction of sp³-hybridized carbons (Fsp3) is 0.143. The summed E-state index contributed by atoms with van der Waals surface area (Å²) in [5, 5.41) is 0.401. The lowest BCUT2D eigenvalue weighted by atomic mass is 10.3. The fourth-order valence-electron chi connectivity index (χ4n) is 0.656. The summed E-state index contributed by atoms with van der Waals surface area (Å²) in [6, 6.07) is 1.48. The molecule has 0 radical (unpaired) electrons. The van der Waals surface area contributed by atoms with E-state index < -0.39 is 0 Å². The van der Waals surface area contributed by atoms with E-state index in [0.717, 1.165) is 0 Å². The van der Waals surface area contributed by atoms with Crippen molar-refractivity contribution in [2.75, 3.05) is 7.11 Å². The maximum atomic E-state index is 10.2. The van der Waals surface area contributed by atoms with Crippen LogP contribution >= 0.6 is 11.6 Å². The maximum Gasteiger partial charge on any atom is 0.168 e. The van der Waals surface area contributed by atoms with Crippen molar-refractivity contribution in [3.8, 4) is 5.75 Å². The molecule has 0 atom stereocenters. The first-order valence-corrected chi connectivity index (χ1v) is 3.30. The number of nitrogens with zero attached hydrogens (tertiary/aromatic N) is 1. The summed E-state index contributed by atoms with van der Waals surface area (Å²) in [6.07, 6.45) is 2.02. The Kier molecular flexibility index (Phi) is 2.44. The summed E-state index contributed by atoms with van der Waals surface area (Å²) in [6.45, 7) is 0. The van der Waals surface area contributed by atoms with Crippen molar-refractivity contribution in [2.45, 2.75) is 0 Å². The number of ether oxygens (including phenoxy) is 1. The summed E-state index contributed by atoms with van der Waals surface area (Å²) in [5.41, 5.74) is 0.311. The average Bonchev–Trinajstić information content (AvgIpc) is 2.05. The molecule has 1 aromatic heterocycles. The molecule has 0 amide bonds. The molecule has 1 aromatic rings. The highest BCUT2D eigenvalue weighted by molar-refractivity contribution is 6.31. The van der Waals surface area contributed by atoms with Gasteiger partial charge in [0.1, 0.15) is 16.5 Å². The third kappa shape index (κ3) is 1.68. The van der Waals surface area contributed by atoms with E-state index in [0.29, 0.717) is 22.8 Å². The molecule has 1 heterocycles. The summed E-state index contributed by atoms with van der Waals surface area (Å²) in [7, 11) is 1.48. The van der Waals surface area contributed by atoms with Crippen LogP contribution in [-0.2, 0) is 0 Å². The molecule has 0 unspecified atom stereocenters. The predicted molar refractivity (Wildman–Crippen MR) is 41.2 cm³/mol. The predicted octanol–water partition coefficient (Wildman–Crippen LogP) is 1.56. The van der Waals surface area contributed by atoms with Crippen molar-refractivity contribution in [1.82, 2.24) is 4.98 Å². The van der Waals surface area contributed by atoms with E-state index in [-0.39, 0.29) is 0 Å². The highest BCUT2D eigenvalue weighted by atomic mass is 35.5. The largest absolute Gasteiger partial charge is 0.495 e. The number of pyridine rings is 1. The number of aromatic nitrogens is 1. The lowest BCUT2D eigenvalue weighted by Crippen LogP contribution is -1.90. The normalized spacial score (nSPS) is 9.27. The summed E-state index contributed by atoms with van der Waals surface area (Å²) in [4.78, 5) is 14.0. The second kappa shape index (κ2) is 3.34. The number of halogens is 1. The Morgan fingerprint density at radius 3 is 3.00 bits per heavy atom. The lowest BCUT2D eigenvalue weighted by molar-refractivity contribution is 0.111. The minimum atomic E-state index is 0.311. The fourth-order valence-corrected chi connectivity index (χ4v) is 0.837. The molecule has 58 valence electrons. The molecule has 11 heavy (non-hydrogen) atoms. The maximum absolute atomic E-state index is 10.2. The van der Waals surface area contributed by atoms with Crippen molar-refractivity contribution >= 4 is 17.9 Å². The Morgan fingerprint density at radius 2 is 2.45 bits per heavy atom. The first-order chi connectivity index (χ1) is 5.27. The van der Waals surface area contributed by atoms with E-state index in [1.165, 1.54) is 19.4 Å². The number of hydrogen-bond donors (Lipinski definition) is 0. The molecule has 3 nitrogen and oxygen atoms in total. The number of carbonyl (C=O) groups excluding carboxylic acids is 1. The number of rotatable bonds is 2. The van der Waals surface area contributed by atoms with E-state index in [9.17, 15) is 4.79 Å². The molecule has 0 fully saturated rings. The van der Waals surface area contributed by atoms with Crippen molar-refractivity contribution < 1.29 is 9.53 Å². The van der Waals surface area contributed by atoms with Crippen LogP contribution < -0.4 is 4.74 Å². The zero-order chi connectivity index (χ0) is 8.27. The van der Waals surface area contributed by atoms with Gasteiger partial charge in [-0.25, -0.2) is 0 Å². The molecule has 0 N–H and O–H groups in total. The number of carbonyl (C=O) groups is 1. The van der Waals surface area contributed by atoms with E-state index in [4.69, 9.17) is 16.3 Å². The molecular weight excluding hydrogens is 166 g/mol. The van der Waals surface area contributed by atoms with Gasteiger partial charge in [0.2, 0.25) is 0 Å². The van der Waals surface area contributed by atoms with E-state index in [2.05, 4.69) is 4.98 Å². The Bertz CT molecular complexity index is 275. The molecule has 0 aliphatic carbocycles. The Balaban J connectivity index is 3.12. The summed E-state index contributed by atoms with van der Waals surface area (Å²) < 4.78 is 4.86. The van der Waals surface area contributed by atoms with Crippen LogP contribution in [0, 0.1) is 0 Å². The Hall–Kier alpha value is -1.09. The molecule has 4 heteroatoms. The SMILES string of the molecule is COc1cc(C=O)ncc1Cl. The number of aldehydes is 1. The lowest BCUT2D eigenvalue weighted by Gasteiger charge is -2.00. The van der Waals surface area contributed by atoms with Crippen LogP contribution in [0.4, 0.5) is 0 Å². The van der Waals surface area contributed by atoms with Crippen molar-refractivity contribution in [3.63, 3.8) is 0 Å². The highest BCUT2D eigenvalue weighted by Crippen LogP contribution is 2.22. The highest BCUT2D eigenvalue weighted by Gasteiger charge is 2.01. The minimum Gasteiger partial charge on any atom is -0.495 e. The van der Waals surface area contributed by atoms with Gasteiger partial charge < -0.3 is 4.74 Å². The van der Waals surface area contributed by atoms with Crippen LogP contribution in [-0.4, -0.2) is 18.4 Å². The van der Waals surface area contributed by atoms with Gasteiger partial charge in [0.05, 0.1) is 13.3 Å². The summed E-state index contributed by atoms with van der Waals surface area (Å²) >= 11 is 5.65. The van der Waals surface area contributed by atoms with Crippen LogP contribution in [0.5, 0.6) is 5.75 Å². The molecule has 0 bridgehead atoms. The van der Waals surface area contributed by atoms with Gasteiger partial charge in [-0.3, -0.25) is 9.78 Å². The average molecular weight is 172 g/mol. The van der Waals surface area contributed by atoms with Gasteiger partial charge in [-0.15, -0.1) is 0 Å². The molecule has 0 saturated carbocycles. The zero-order valence-electron chi connectivity index (χ0n) is 5.87. The van der Waals surface area contributed by atoms with Gasteiger partial charge >= 0.3 is 0 Å². The second-order valence-corrected chi connectivity index (χ2v) is 2.27. The molecule has 0 saturated heterocycles. The van der Waals surface area contributed by atoms with Gasteiger partial charge in [0, 0.05) is 6.07 Å². The van der Waals surface area contributed by atoms with Crippen LogP contribution in [0.3, 0.4) is 0 Å². The molecule has 0 aliphatic rings. The van der Waals surface area contributed by atoms with E-state index >= 15 is 0 Å². The van der Waals surface area contributed by atoms with Gasteiger partial charge in [-0.1, -0.05) is 11.6 Å². The van der Waals surface area contributed by atoms with Crippen molar-refractivity contribution in [3.05, 3.63) is 23.0 Å². The monoisotopic (exact) mass is 171 g/mol. The van der Waals surface area contributed by atoms with Crippen LogP contribution in [0.15, 0.2) is 12.3 Å². The van der Waals surface area contributed by atoms with Gasteiger partial charge in [-0.05, 0) is 0 Å². The van der Waals surface area contributed by atoms with E-state index in [1.807, 2.05) is 0 Å². The van der Waals surface area contributed by atoms with Crippen molar-refractivity contribution in [1.29, 1.82) is 0 Å². The standard InChI is InChI=1S/C7H6ClNO2/c1-11-7-2-5(4-10)9-3-6(7)8/h2-4H,1H3. The van der Waals surface area contributed by atoms with Crippen molar-refractivity contribution in [2.24, 2.45) is 0 Å². The first kappa shape index (κ1) is 8.01. The quantitative estimate of drug-likeness (QED) is 0.634. The third-order valence-electron chi connectivity index (χ3n) is 1.18. The van der Waals surface area contributed by atoms with Crippen LogP contribution in [0.25, 0.3) is 0 Å². The molecule has 0 aliphatic heterocycles. The third-order valence-corrected chi connectivity index (χ3v) is 1.47. The number of methoxy groups -OCH3 is 1. The Labute approximate surface area is 69.0 Å². The zero-order valence-corrected chi connectivity index (χ0v) is 6.63. The van der Waals surface area contributed by atoms with Crippen LogP contribution in [0.2, 0.25) is 5.02 Å². The Morgan fingerprint density at radius 1 is 1.73 bits per heavy atom. The topological polar surface area (TPSA) is 39.2 Å². The first-order valence-electron chi connectivity index (χ1n) is 2.92. The van der Waals surface area contributed by atoms with E-state index in [1.54, 1.807) is 0 Å². The minimum absolute atomic E-state index is 0.311. The van der Waals surface area contributed by atoms with Gasteiger partial charge in [-0.2, -0.15) is 0 Å². The van der Waals surface area contributed by atoms with Gasteiger partial charge in [0.25, 0.3) is 0 Å². The van der Waals surface area contributed by atoms with Crippen LogP contribution in [0.1, 0.15) is 10.5 Å². The number of hydrogen-bond acceptors (Lipinski definition) is 3. The molecular formula is C7H6ClNO2.